The van der Waals surface area contributed by atoms with Crippen molar-refractivity contribution in [3.63, 3.8) is 0 Å². The SMILES string of the molecule is O=C(O)C(Cc1ccc(O)cc1)N1CC(CBr)CC1=O. The molecular formula is C14H16BrNO4. The molecule has 2 unspecified atom stereocenters. The van der Waals surface area contributed by atoms with E-state index in [1.165, 1.54) is 17.0 Å². The molecular weight excluding hydrogens is 326 g/mol. The molecule has 0 aromatic heterocycles. The molecule has 1 fully saturated rings. The number of halogens is 1. The second kappa shape index (κ2) is 6.26. The number of aliphatic carboxylic acids is 1. The van der Waals surface area contributed by atoms with Crippen LogP contribution in [0.4, 0.5) is 0 Å². The van der Waals surface area contributed by atoms with E-state index in [1.54, 1.807) is 12.1 Å². The number of carbonyl (C=O) groups is 2. The number of likely N-dealkylation sites (tertiary alicyclic amines) is 1. The quantitative estimate of drug-likeness (QED) is 0.798. The Morgan fingerprint density at radius 2 is 2.05 bits per heavy atom. The van der Waals surface area contributed by atoms with Gasteiger partial charge >= 0.3 is 5.97 Å². The Labute approximate surface area is 125 Å². The van der Waals surface area contributed by atoms with E-state index in [0.717, 1.165) is 5.56 Å². The van der Waals surface area contributed by atoms with Crippen molar-refractivity contribution >= 4 is 27.8 Å². The van der Waals surface area contributed by atoms with E-state index in [4.69, 9.17) is 0 Å². The second-order valence-corrected chi connectivity index (χ2v) is 5.64. The van der Waals surface area contributed by atoms with E-state index < -0.39 is 12.0 Å². The van der Waals surface area contributed by atoms with Crippen LogP contribution in [-0.4, -0.2) is 44.9 Å². The summed E-state index contributed by atoms with van der Waals surface area (Å²) in [5, 5.41) is 19.3. The largest absolute Gasteiger partial charge is 0.508 e. The fourth-order valence-electron chi connectivity index (χ4n) is 2.40. The van der Waals surface area contributed by atoms with Crippen LogP contribution >= 0.6 is 15.9 Å². The highest BCUT2D eigenvalue weighted by atomic mass is 79.9. The van der Waals surface area contributed by atoms with Crippen molar-refractivity contribution in [2.75, 3.05) is 11.9 Å². The smallest absolute Gasteiger partial charge is 0.326 e. The van der Waals surface area contributed by atoms with Crippen LogP contribution in [0.3, 0.4) is 0 Å². The third kappa shape index (κ3) is 3.30. The van der Waals surface area contributed by atoms with Gasteiger partial charge in [0.15, 0.2) is 0 Å². The second-order valence-electron chi connectivity index (χ2n) is 5.00. The minimum atomic E-state index is -0.998. The third-order valence-corrected chi connectivity index (χ3v) is 4.40. The number of nitrogens with zero attached hydrogens (tertiary/aromatic N) is 1. The highest BCUT2D eigenvalue weighted by molar-refractivity contribution is 9.09. The minimum absolute atomic E-state index is 0.111. The maximum absolute atomic E-state index is 11.9. The van der Waals surface area contributed by atoms with Gasteiger partial charge in [0, 0.05) is 24.7 Å². The number of rotatable bonds is 5. The van der Waals surface area contributed by atoms with Crippen molar-refractivity contribution in [1.29, 1.82) is 0 Å². The molecule has 0 radical (unpaired) electrons. The lowest BCUT2D eigenvalue weighted by molar-refractivity contribution is -0.148. The highest BCUT2D eigenvalue weighted by Gasteiger charge is 2.37. The molecule has 0 aliphatic carbocycles. The molecule has 1 aromatic rings. The summed E-state index contributed by atoms with van der Waals surface area (Å²) < 4.78 is 0. The van der Waals surface area contributed by atoms with Gasteiger partial charge in [0.25, 0.3) is 0 Å². The van der Waals surface area contributed by atoms with Crippen LogP contribution in [0.15, 0.2) is 24.3 Å². The summed E-state index contributed by atoms with van der Waals surface area (Å²) >= 11 is 3.34. The van der Waals surface area contributed by atoms with Crippen molar-refractivity contribution in [3.05, 3.63) is 29.8 Å². The Morgan fingerprint density at radius 1 is 1.40 bits per heavy atom. The number of phenolic OH excluding ortho intramolecular Hbond substituents is 1. The molecule has 108 valence electrons. The predicted octanol–water partition coefficient (Wildman–Crippen LogP) is 1.63. The standard InChI is InChI=1S/C14H16BrNO4/c15-7-10-6-13(18)16(8-10)12(14(19)20)5-9-1-3-11(17)4-2-9/h1-4,10,12,17H,5-8H2,(H,19,20). The summed E-state index contributed by atoms with van der Waals surface area (Å²) in [5.74, 6) is -0.802. The van der Waals surface area contributed by atoms with Crippen LogP contribution in [0.5, 0.6) is 5.75 Å². The molecule has 2 rings (SSSR count). The molecule has 0 spiro atoms. The number of hydrogen-bond acceptors (Lipinski definition) is 3. The summed E-state index contributed by atoms with van der Waals surface area (Å²) in [7, 11) is 0. The Bertz CT molecular complexity index is 502. The molecule has 1 aromatic carbocycles. The van der Waals surface area contributed by atoms with Gasteiger partial charge in [0.2, 0.25) is 5.91 Å². The van der Waals surface area contributed by atoms with E-state index >= 15 is 0 Å². The first-order valence-electron chi connectivity index (χ1n) is 6.37. The molecule has 1 amide bonds. The normalized spacial score (nSPS) is 20.1. The molecule has 0 saturated carbocycles. The van der Waals surface area contributed by atoms with Crippen LogP contribution in [-0.2, 0) is 16.0 Å². The maximum atomic E-state index is 11.9. The number of aromatic hydroxyl groups is 1. The number of carbonyl (C=O) groups excluding carboxylic acids is 1. The van der Waals surface area contributed by atoms with E-state index in [-0.39, 0.29) is 24.0 Å². The van der Waals surface area contributed by atoms with Gasteiger partial charge in [-0.3, -0.25) is 4.79 Å². The molecule has 2 N–H and O–H groups in total. The number of alkyl halides is 1. The van der Waals surface area contributed by atoms with Crippen molar-refractivity contribution in [1.82, 2.24) is 4.90 Å². The zero-order valence-electron chi connectivity index (χ0n) is 10.8. The Morgan fingerprint density at radius 3 is 2.55 bits per heavy atom. The number of hydrogen-bond donors (Lipinski definition) is 2. The zero-order valence-corrected chi connectivity index (χ0v) is 12.4. The maximum Gasteiger partial charge on any atom is 0.326 e. The average Bonchev–Trinajstić information content (AvgIpc) is 2.79. The number of phenols is 1. The van der Waals surface area contributed by atoms with Gasteiger partial charge in [0.05, 0.1) is 0 Å². The summed E-state index contributed by atoms with van der Waals surface area (Å²) in [5.41, 5.74) is 0.783. The molecule has 1 saturated heterocycles. The van der Waals surface area contributed by atoms with Crippen LogP contribution in [0.1, 0.15) is 12.0 Å². The lowest BCUT2D eigenvalue weighted by Gasteiger charge is -2.24. The summed E-state index contributed by atoms with van der Waals surface area (Å²) in [6.45, 7) is 0.471. The molecule has 1 heterocycles. The number of benzene rings is 1. The van der Waals surface area contributed by atoms with Crippen LogP contribution in [0.2, 0.25) is 0 Å². The molecule has 1 aliphatic heterocycles. The predicted molar refractivity (Wildman–Crippen MR) is 76.8 cm³/mol. The molecule has 1 aliphatic rings. The lowest BCUT2D eigenvalue weighted by Crippen LogP contribution is -2.43. The first kappa shape index (κ1) is 14.8. The van der Waals surface area contributed by atoms with Gasteiger partial charge in [-0.2, -0.15) is 0 Å². The topological polar surface area (TPSA) is 77.8 Å². The third-order valence-electron chi connectivity index (χ3n) is 3.48. The van der Waals surface area contributed by atoms with Crippen LogP contribution < -0.4 is 0 Å². The summed E-state index contributed by atoms with van der Waals surface area (Å²) in [6, 6.07) is 5.53. The van der Waals surface area contributed by atoms with E-state index in [0.29, 0.717) is 18.3 Å². The van der Waals surface area contributed by atoms with Gasteiger partial charge in [-0.25, -0.2) is 4.79 Å². The van der Waals surface area contributed by atoms with E-state index in [2.05, 4.69) is 15.9 Å². The molecule has 20 heavy (non-hydrogen) atoms. The van der Waals surface area contributed by atoms with Gasteiger partial charge in [-0.15, -0.1) is 0 Å². The Kier molecular flexibility index (Phi) is 4.65. The van der Waals surface area contributed by atoms with Crippen molar-refractivity contribution in [2.24, 2.45) is 5.92 Å². The highest BCUT2D eigenvalue weighted by Crippen LogP contribution is 2.24. The molecule has 6 heteroatoms. The van der Waals surface area contributed by atoms with Crippen molar-refractivity contribution in [3.8, 4) is 5.75 Å². The van der Waals surface area contributed by atoms with Gasteiger partial charge in [-0.05, 0) is 23.6 Å². The van der Waals surface area contributed by atoms with Crippen molar-refractivity contribution < 1.29 is 19.8 Å². The van der Waals surface area contributed by atoms with Crippen LogP contribution in [0, 0.1) is 5.92 Å². The van der Waals surface area contributed by atoms with E-state index in [9.17, 15) is 19.8 Å². The fraction of sp³-hybridized carbons (Fsp3) is 0.429. The van der Waals surface area contributed by atoms with Crippen LogP contribution in [0.25, 0.3) is 0 Å². The van der Waals surface area contributed by atoms with Gasteiger partial charge < -0.3 is 15.1 Å². The Balaban J connectivity index is 2.13. The summed E-state index contributed by atoms with van der Waals surface area (Å²) in [4.78, 5) is 24.8. The summed E-state index contributed by atoms with van der Waals surface area (Å²) in [6.07, 6.45) is 0.640. The Hall–Kier alpha value is -1.56. The molecule has 0 bridgehead atoms. The monoisotopic (exact) mass is 341 g/mol. The number of amides is 1. The number of carboxylic acid groups (broad SMARTS) is 1. The fourth-order valence-corrected chi connectivity index (χ4v) is 2.83. The van der Waals surface area contributed by atoms with E-state index in [1.807, 2.05) is 0 Å². The van der Waals surface area contributed by atoms with Gasteiger partial charge in [-0.1, -0.05) is 28.1 Å². The van der Waals surface area contributed by atoms with Gasteiger partial charge in [0.1, 0.15) is 11.8 Å². The zero-order chi connectivity index (χ0) is 14.7. The average molecular weight is 342 g/mol. The first-order valence-corrected chi connectivity index (χ1v) is 7.49. The molecule has 2 atom stereocenters. The number of carboxylic acids is 1. The molecule has 5 nitrogen and oxygen atoms in total. The lowest BCUT2D eigenvalue weighted by atomic mass is 10.0. The van der Waals surface area contributed by atoms with Crippen molar-refractivity contribution in [2.45, 2.75) is 18.9 Å². The first-order chi connectivity index (χ1) is 9.51. The minimum Gasteiger partial charge on any atom is -0.508 e.